The zero-order chi connectivity index (χ0) is 15.1. The number of Topliss-reactive ketones (excluding diaryl/α,β-unsaturated/α-hetero) is 1. The van der Waals surface area contributed by atoms with Crippen LogP contribution < -0.4 is 5.01 Å². The normalized spacial score (nSPS) is 15.5. The van der Waals surface area contributed by atoms with Crippen LogP contribution in [0.3, 0.4) is 0 Å². The van der Waals surface area contributed by atoms with E-state index >= 15 is 0 Å². The number of anilines is 1. The number of halogens is 4. The molecule has 1 heterocycles. The highest BCUT2D eigenvalue weighted by molar-refractivity contribution is 6.65. The summed E-state index contributed by atoms with van der Waals surface area (Å²) in [6.45, 7) is -0.563. The van der Waals surface area contributed by atoms with Crippen LogP contribution in [0.5, 0.6) is 0 Å². The summed E-state index contributed by atoms with van der Waals surface area (Å²) in [4.78, 5) is 22.1. The molecule has 106 valence electrons. The molecule has 0 unspecified atom stereocenters. The quantitative estimate of drug-likeness (QED) is 0.909. The molecule has 0 aliphatic carbocycles. The predicted molar refractivity (Wildman–Crippen MR) is 63.9 cm³/mol. The lowest BCUT2D eigenvalue weighted by Crippen LogP contribution is -2.24. The third kappa shape index (κ3) is 2.60. The van der Waals surface area contributed by atoms with Crippen LogP contribution in [0.25, 0.3) is 0 Å². The third-order valence-corrected chi connectivity index (χ3v) is 2.76. The number of carboxylic acid groups (broad SMARTS) is 1. The minimum atomic E-state index is -4.70. The van der Waals surface area contributed by atoms with Crippen molar-refractivity contribution in [3.05, 3.63) is 28.8 Å². The number of hydrazone groups is 1. The molecule has 1 aromatic rings. The minimum absolute atomic E-state index is 0.131. The second kappa shape index (κ2) is 4.78. The number of carboxylic acids is 1. The van der Waals surface area contributed by atoms with E-state index in [0.717, 1.165) is 6.07 Å². The minimum Gasteiger partial charge on any atom is -0.476 e. The first-order valence-electron chi connectivity index (χ1n) is 5.19. The molecule has 0 bridgehead atoms. The van der Waals surface area contributed by atoms with Gasteiger partial charge in [-0.05, 0) is 18.2 Å². The van der Waals surface area contributed by atoms with Crippen molar-refractivity contribution in [2.45, 2.75) is 6.18 Å². The van der Waals surface area contributed by atoms with Gasteiger partial charge in [0.2, 0.25) is 11.5 Å². The van der Waals surface area contributed by atoms with Gasteiger partial charge in [-0.1, -0.05) is 11.6 Å². The number of alkyl halides is 3. The highest BCUT2D eigenvalue weighted by Crippen LogP contribution is 2.38. The van der Waals surface area contributed by atoms with Crippen LogP contribution in [0.15, 0.2) is 23.3 Å². The molecule has 0 aromatic heterocycles. The Hall–Kier alpha value is -2.09. The zero-order valence-corrected chi connectivity index (χ0v) is 10.4. The molecule has 9 heteroatoms. The molecule has 0 saturated carbocycles. The van der Waals surface area contributed by atoms with E-state index in [1.807, 2.05) is 0 Å². The first-order chi connectivity index (χ1) is 9.20. The van der Waals surface area contributed by atoms with Crippen LogP contribution in [0, 0.1) is 0 Å². The summed E-state index contributed by atoms with van der Waals surface area (Å²) in [7, 11) is 0. The van der Waals surface area contributed by atoms with Crippen molar-refractivity contribution in [3.8, 4) is 0 Å². The average Bonchev–Trinajstić information content (AvgIpc) is 2.70. The Kier molecular flexibility index (Phi) is 3.43. The number of ketones is 1. The van der Waals surface area contributed by atoms with E-state index in [1.165, 1.54) is 6.07 Å². The van der Waals surface area contributed by atoms with Gasteiger partial charge < -0.3 is 5.11 Å². The van der Waals surface area contributed by atoms with E-state index in [2.05, 4.69) is 5.10 Å². The van der Waals surface area contributed by atoms with Gasteiger partial charge in [-0.15, -0.1) is 0 Å². The maximum absolute atomic E-state index is 12.9. The van der Waals surface area contributed by atoms with Crippen LogP contribution in [-0.4, -0.2) is 29.1 Å². The molecule has 0 atom stereocenters. The van der Waals surface area contributed by atoms with Crippen molar-refractivity contribution in [3.63, 3.8) is 0 Å². The summed E-state index contributed by atoms with van der Waals surface area (Å²) in [5, 5.41) is 12.7. The van der Waals surface area contributed by atoms with Crippen molar-refractivity contribution >= 4 is 34.8 Å². The Balaban J connectivity index is 2.50. The van der Waals surface area contributed by atoms with Gasteiger partial charge in [-0.2, -0.15) is 18.3 Å². The number of carbonyl (C=O) groups is 2. The van der Waals surface area contributed by atoms with Crippen LogP contribution in [0.1, 0.15) is 5.56 Å². The Morgan fingerprint density at radius 3 is 2.55 bits per heavy atom. The average molecular weight is 307 g/mol. The molecule has 0 radical (unpaired) electrons. The van der Waals surface area contributed by atoms with Crippen molar-refractivity contribution in [1.82, 2.24) is 0 Å². The van der Waals surface area contributed by atoms with E-state index in [9.17, 15) is 22.8 Å². The highest BCUT2D eigenvalue weighted by Gasteiger charge is 2.38. The highest BCUT2D eigenvalue weighted by atomic mass is 35.5. The second-order valence-corrected chi connectivity index (χ2v) is 4.33. The Bertz CT molecular complexity index is 628. The maximum atomic E-state index is 12.9. The summed E-state index contributed by atoms with van der Waals surface area (Å²) >= 11 is 5.52. The van der Waals surface area contributed by atoms with Crippen molar-refractivity contribution in [2.75, 3.05) is 11.6 Å². The molecular weight excluding hydrogens is 301 g/mol. The van der Waals surface area contributed by atoms with Crippen LogP contribution in [-0.2, 0) is 15.8 Å². The fraction of sp³-hybridized carbons (Fsp3) is 0.182. The summed E-state index contributed by atoms with van der Waals surface area (Å²) in [6, 6.07) is 2.92. The molecular formula is C11H6ClF3N2O3. The lowest BCUT2D eigenvalue weighted by Gasteiger charge is -2.19. The van der Waals surface area contributed by atoms with Gasteiger partial charge in [-0.3, -0.25) is 9.80 Å². The second-order valence-electron chi connectivity index (χ2n) is 3.89. The Morgan fingerprint density at radius 1 is 1.40 bits per heavy atom. The molecule has 0 amide bonds. The molecule has 1 aliphatic heterocycles. The topological polar surface area (TPSA) is 70.0 Å². The van der Waals surface area contributed by atoms with E-state index in [1.54, 1.807) is 0 Å². The molecule has 0 spiro atoms. The molecule has 1 aromatic carbocycles. The van der Waals surface area contributed by atoms with E-state index in [0.29, 0.717) is 11.1 Å². The number of aliphatic carboxylic acids is 1. The van der Waals surface area contributed by atoms with Gasteiger partial charge in [0.15, 0.2) is 0 Å². The van der Waals surface area contributed by atoms with Crippen LogP contribution in [0.2, 0.25) is 5.02 Å². The molecule has 5 nitrogen and oxygen atoms in total. The number of nitrogens with zero attached hydrogens (tertiary/aromatic N) is 2. The number of carbonyl (C=O) groups excluding carboxylic acids is 1. The van der Waals surface area contributed by atoms with Gasteiger partial charge in [0, 0.05) is 5.02 Å². The van der Waals surface area contributed by atoms with Gasteiger partial charge >= 0.3 is 12.1 Å². The van der Waals surface area contributed by atoms with Crippen molar-refractivity contribution < 1.29 is 27.9 Å². The summed E-state index contributed by atoms with van der Waals surface area (Å²) in [6.07, 6.45) is -4.70. The van der Waals surface area contributed by atoms with Gasteiger partial charge in [0.1, 0.15) is 6.54 Å². The fourth-order valence-electron chi connectivity index (χ4n) is 1.68. The Labute approximate surface area is 115 Å². The first-order valence-corrected chi connectivity index (χ1v) is 5.57. The van der Waals surface area contributed by atoms with Gasteiger partial charge in [0.25, 0.3) is 0 Å². The third-order valence-electron chi connectivity index (χ3n) is 2.52. The van der Waals surface area contributed by atoms with Crippen molar-refractivity contribution in [2.24, 2.45) is 5.10 Å². The predicted octanol–water partition coefficient (Wildman–Crippen LogP) is 2.19. The lowest BCUT2D eigenvalue weighted by atomic mass is 10.1. The summed E-state index contributed by atoms with van der Waals surface area (Å²) in [5.74, 6) is -2.44. The molecule has 1 N–H and O–H groups in total. The zero-order valence-electron chi connectivity index (χ0n) is 9.61. The van der Waals surface area contributed by atoms with Crippen LogP contribution >= 0.6 is 11.6 Å². The SMILES string of the molecule is O=C(O)C1=NN(c2ccc(Cl)cc2C(F)(F)F)CC1=O. The molecule has 20 heavy (non-hydrogen) atoms. The molecule has 1 aliphatic rings. The summed E-state index contributed by atoms with van der Waals surface area (Å²) in [5.41, 5.74) is -2.31. The lowest BCUT2D eigenvalue weighted by molar-refractivity contribution is -0.137. The van der Waals surface area contributed by atoms with Crippen LogP contribution in [0.4, 0.5) is 18.9 Å². The van der Waals surface area contributed by atoms with Gasteiger partial charge in [0.05, 0.1) is 11.3 Å². The number of rotatable bonds is 2. The maximum Gasteiger partial charge on any atom is 0.418 e. The van der Waals surface area contributed by atoms with Crippen molar-refractivity contribution in [1.29, 1.82) is 0 Å². The monoisotopic (exact) mass is 306 g/mol. The molecule has 2 rings (SSSR count). The summed E-state index contributed by atoms with van der Waals surface area (Å²) < 4.78 is 38.7. The Morgan fingerprint density at radius 2 is 2.05 bits per heavy atom. The first kappa shape index (κ1) is 14.3. The smallest absolute Gasteiger partial charge is 0.418 e. The van der Waals surface area contributed by atoms with E-state index in [4.69, 9.17) is 16.7 Å². The fourth-order valence-corrected chi connectivity index (χ4v) is 1.86. The largest absolute Gasteiger partial charge is 0.476 e. The van der Waals surface area contributed by atoms with E-state index < -0.39 is 41.4 Å². The number of hydrogen-bond donors (Lipinski definition) is 1. The van der Waals surface area contributed by atoms with E-state index in [-0.39, 0.29) is 5.02 Å². The van der Waals surface area contributed by atoms with Gasteiger partial charge in [-0.25, -0.2) is 4.79 Å². The number of benzene rings is 1. The molecule has 0 fully saturated rings. The molecule has 0 saturated heterocycles. The standard InChI is InChI=1S/C11H6ClF3N2O3/c12-5-1-2-7(6(3-5)11(13,14)15)17-4-8(18)9(16-17)10(19)20/h1-3H,4H2,(H,19,20). The number of hydrogen-bond acceptors (Lipinski definition) is 4.